The Kier molecular flexibility index (Phi) is 6.11. The Morgan fingerprint density at radius 3 is 2.33 bits per heavy atom. The summed E-state index contributed by atoms with van der Waals surface area (Å²) in [5.74, 6) is 0.630. The molecule has 30 heavy (non-hydrogen) atoms. The number of aromatic nitrogens is 3. The predicted molar refractivity (Wildman–Crippen MR) is 116 cm³/mol. The molecule has 0 aliphatic carbocycles. The normalized spacial score (nSPS) is 10.9. The summed E-state index contributed by atoms with van der Waals surface area (Å²) in [6, 6.07) is 26.9. The van der Waals surface area contributed by atoms with Gasteiger partial charge in [-0.25, -0.2) is 4.68 Å². The number of rotatable bonds is 8. The molecule has 0 bridgehead atoms. The third-order valence-corrected chi connectivity index (χ3v) is 4.53. The van der Waals surface area contributed by atoms with Crippen molar-refractivity contribution in [3.63, 3.8) is 0 Å². The molecule has 0 amide bonds. The first-order valence-electron chi connectivity index (χ1n) is 9.69. The van der Waals surface area contributed by atoms with Gasteiger partial charge >= 0.3 is 0 Å². The third kappa shape index (κ3) is 5.29. The average molecular weight is 395 g/mol. The molecule has 1 heterocycles. The third-order valence-electron chi connectivity index (χ3n) is 4.53. The molecule has 0 fully saturated rings. The number of ketones is 1. The van der Waals surface area contributed by atoms with Crippen LogP contribution in [-0.2, 0) is 13.2 Å². The molecule has 0 unspecified atom stereocenters. The van der Waals surface area contributed by atoms with E-state index in [2.05, 4.69) is 22.4 Å². The zero-order valence-electron chi connectivity index (χ0n) is 16.4. The van der Waals surface area contributed by atoms with Gasteiger partial charge in [-0.05, 0) is 41.5 Å². The minimum absolute atomic E-state index is 0.0470. The summed E-state index contributed by atoms with van der Waals surface area (Å²) in [6.07, 6.45) is 5.26. The van der Waals surface area contributed by atoms with Crippen molar-refractivity contribution in [3.05, 3.63) is 120 Å². The number of benzene rings is 3. The maximum absolute atomic E-state index is 12.3. The van der Waals surface area contributed by atoms with Gasteiger partial charge in [-0.2, -0.15) is 0 Å². The summed E-state index contributed by atoms with van der Waals surface area (Å²) in [4.78, 5) is 12.3. The van der Waals surface area contributed by atoms with Gasteiger partial charge < -0.3 is 4.74 Å². The first-order chi connectivity index (χ1) is 14.8. The van der Waals surface area contributed by atoms with Crippen LogP contribution in [0.3, 0.4) is 0 Å². The van der Waals surface area contributed by atoms with Gasteiger partial charge in [0.05, 0.1) is 12.7 Å². The van der Waals surface area contributed by atoms with Crippen LogP contribution in [0.15, 0.2) is 97.2 Å². The topological polar surface area (TPSA) is 57.0 Å². The molecule has 5 heteroatoms. The number of carbonyl (C=O) groups is 1. The number of nitrogens with zero attached hydrogens (tertiary/aromatic N) is 3. The van der Waals surface area contributed by atoms with Crippen molar-refractivity contribution in [2.45, 2.75) is 13.2 Å². The summed E-state index contributed by atoms with van der Waals surface area (Å²) in [7, 11) is 0. The molecular weight excluding hydrogens is 374 g/mol. The molecule has 0 N–H and O–H groups in total. The molecule has 0 aliphatic heterocycles. The molecular formula is C25H21N3O2. The Morgan fingerprint density at radius 2 is 1.60 bits per heavy atom. The number of hydrogen-bond donors (Lipinski definition) is 0. The van der Waals surface area contributed by atoms with Gasteiger partial charge in [-0.3, -0.25) is 4.79 Å². The quantitative estimate of drug-likeness (QED) is 0.318. The molecule has 0 saturated carbocycles. The molecule has 4 aromatic rings. The number of carbonyl (C=O) groups excluding carboxylic acids is 1. The average Bonchev–Trinajstić information content (AvgIpc) is 3.25. The summed E-state index contributed by atoms with van der Waals surface area (Å²) in [5.41, 5.74) is 3.52. The first-order valence-corrected chi connectivity index (χ1v) is 9.69. The van der Waals surface area contributed by atoms with E-state index in [0.717, 1.165) is 16.8 Å². The summed E-state index contributed by atoms with van der Waals surface area (Å²) in [6.45, 7) is 0.983. The Balaban J connectivity index is 1.31. The van der Waals surface area contributed by atoms with E-state index in [1.165, 1.54) is 0 Å². The van der Waals surface area contributed by atoms with Crippen molar-refractivity contribution in [3.8, 4) is 5.75 Å². The van der Waals surface area contributed by atoms with Crippen molar-refractivity contribution in [2.75, 3.05) is 0 Å². The molecule has 0 radical (unpaired) electrons. The highest BCUT2D eigenvalue weighted by atomic mass is 16.5. The molecule has 0 saturated heterocycles. The Labute approximate surface area is 175 Å². The maximum atomic E-state index is 12.3. The smallest absolute Gasteiger partial charge is 0.185 e. The van der Waals surface area contributed by atoms with Gasteiger partial charge in [0.25, 0.3) is 0 Å². The van der Waals surface area contributed by atoms with Gasteiger partial charge in [0.2, 0.25) is 0 Å². The van der Waals surface area contributed by atoms with E-state index in [1.54, 1.807) is 35.0 Å². The van der Waals surface area contributed by atoms with Crippen molar-refractivity contribution in [1.29, 1.82) is 0 Å². The van der Waals surface area contributed by atoms with Crippen molar-refractivity contribution in [1.82, 2.24) is 15.0 Å². The van der Waals surface area contributed by atoms with Gasteiger partial charge in [-0.1, -0.05) is 72.0 Å². The highest BCUT2D eigenvalue weighted by Gasteiger charge is 2.05. The minimum atomic E-state index is -0.0470. The van der Waals surface area contributed by atoms with Gasteiger partial charge in [0, 0.05) is 5.56 Å². The molecule has 3 aromatic carbocycles. The van der Waals surface area contributed by atoms with E-state index >= 15 is 0 Å². The van der Waals surface area contributed by atoms with Crippen LogP contribution < -0.4 is 4.74 Å². The number of allylic oxidation sites excluding steroid dienone is 1. The number of hydrogen-bond acceptors (Lipinski definition) is 4. The predicted octanol–water partition coefficient (Wildman–Crippen LogP) is 4.80. The lowest BCUT2D eigenvalue weighted by molar-refractivity contribution is 0.104. The summed E-state index contributed by atoms with van der Waals surface area (Å²) >= 11 is 0. The Hall–Kier alpha value is -3.99. The molecule has 0 spiro atoms. The fourth-order valence-corrected chi connectivity index (χ4v) is 2.96. The highest BCUT2D eigenvalue weighted by molar-refractivity contribution is 6.06. The van der Waals surface area contributed by atoms with Crippen LogP contribution in [0.2, 0.25) is 0 Å². The van der Waals surface area contributed by atoms with E-state index < -0.39 is 0 Å². The molecule has 148 valence electrons. The van der Waals surface area contributed by atoms with Gasteiger partial charge in [0.15, 0.2) is 5.78 Å². The van der Waals surface area contributed by atoms with Gasteiger partial charge in [-0.15, -0.1) is 5.10 Å². The fraction of sp³-hybridized carbons (Fsp3) is 0.0800. The van der Waals surface area contributed by atoms with Crippen LogP contribution >= 0.6 is 0 Å². The van der Waals surface area contributed by atoms with E-state index in [0.29, 0.717) is 24.5 Å². The minimum Gasteiger partial charge on any atom is -0.487 e. The second kappa shape index (κ2) is 9.47. The zero-order chi connectivity index (χ0) is 20.6. The second-order valence-corrected chi connectivity index (χ2v) is 6.81. The molecule has 0 aliphatic rings. The van der Waals surface area contributed by atoms with Gasteiger partial charge in [0.1, 0.15) is 18.1 Å². The van der Waals surface area contributed by atoms with E-state index in [1.807, 2.05) is 60.8 Å². The van der Waals surface area contributed by atoms with Crippen molar-refractivity contribution in [2.24, 2.45) is 0 Å². The molecule has 4 rings (SSSR count). The Morgan fingerprint density at radius 1 is 0.900 bits per heavy atom. The monoisotopic (exact) mass is 395 g/mol. The summed E-state index contributed by atoms with van der Waals surface area (Å²) < 4.78 is 7.56. The maximum Gasteiger partial charge on any atom is 0.185 e. The SMILES string of the molecule is O=C(/C=C/c1ccccc1)c1ccc(OCc2cn(Cc3ccccc3)nn2)cc1. The molecule has 1 aromatic heterocycles. The van der Waals surface area contributed by atoms with Crippen molar-refractivity contribution < 1.29 is 9.53 Å². The van der Waals surface area contributed by atoms with Crippen molar-refractivity contribution >= 4 is 11.9 Å². The van der Waals surface area contributed by atoms with Crippen LogP contribution in [0.4, 0.5) is 0 Å². The van der Waals surface area contributed by atoms with E-state index in [4.69, 9.17) is 4.74 Å². The van der Waals surface area contributed by atoms with Crippen LogP contribution in [0.25, 0.3) is 6.08 Å². The largest absolute Gasteiger partial charge is 0.487 e. The van der Waals surface area contributed by atoms with Crippen LogP contribution in [0.5, 0.6) is 5.75 Å². The first kappa shape index (κ1) is 19.3. The molecule has 0 atom stereocenters. The van der Waals surface area contributed by atoms with Crippen LogP contribution in [0, 0.1) is 0 Å². The van der Waals surface area contributed by atoms with E-state index in [-0.39, 0.29) is 5.78 Å². The Bertz CT molecular complexity index is 1120. The lowest BCUT2D eigenvalue weighted by Gasteiger charge is -2.04. The fourth-order valence-electron chi connectivity index (χ4n) is 2.96. The van der Waals surface area contributed by atoms with Crippen LogP contribution in [-0.4, -0.2) is 20.8 Å². The van der Waals surface area contributed by atoms with E-state index in [9.17, 15) is 4.79 Å². The highest BCUT2D eigenvalue weighted by Crippen LogP contribution is 2.15. The zero-order valence-corrected chi connectivity index (χ0v) is 16.4. The summed E-state index contributed by atoms with van der Waals surface area (Å²) in [5, 5.41) is 8.29. The lowest BCUT2D eigenvalue weighted by atomic mass is 10.1. The standard InChI is InChI=1S/C25H21N3O2/c29-25(16-11-20-7-3-1-4-8-20)22-12-14-24(15-13-22)30-19-23-18-28(27-26-23)17-21-9-5-2-6-10-21/h1-16,18H,17,19H2/b16-11+. The molecule has 5 nitrogen and oxygen atoms in total. The number of ether oxygens (including phenoxy) is 1. The lowest BCUT2D eigenvalue weighted by Crippen LogP contribution is -2.00. The second-order valence-electron chi connectivity index (χ2n) is 6.81. The van der Waals surface area contributed by atoms with Crippen LogP contribution in [0.1, 0.15) is 27.2 Å².